The van der Waals surface area contributed by atoms with E-state index >= 15 is 0 Å². The van der Waals surface area contributed by atoms with Gasteiger partial charge in [-0.1, -0.05) is 85.5 Å². The molecular weight excluding hydrogens is 220 g/mol. The highest BCUT2D eigenvalue weighted by Gasteiger charge is 2.34. The van der Waals surface area contributed by atoms with Gasteiger partial charge in [-0.3, -0.25) is 0 Å². The number of hydrogen-bond donors (Lipinski definition) is 0. The fourth-order valence-electron chi connectivity index (χ4n) is 3.71. The minimum atomic E-state index is -1.01. The second-order valence-electron chi connectivity index (χ2n) is 7.40. The van der Waals surface area contributed by atoms with Crippen LogP contribution in [-0.4, -0.2) is 8.07 Å². The van der Waals surface area contributed by atoms with Crippen molar-refractivity contribution in [2.45, 2.75) is 85.5 Å². The lowest BCUT2D eigenvalue weighted by Crippen LogP contribution is -2.38. The lowest BCUT2D eigenvalue weighted by atomic mass is 10.2. The van der Waals surface area contributed by atoms with Gasteiger partial charge in [0.25, 0.3) is 0 Å². The fourth-order valence-corrected chi connectivity index (χ4v) is 11.1. The van der Waals surface area contributed by atoms with Gasteiger partial charge in [0.05, 0.1) is 8.07 Å². The molecule has 17 heavy (non-hydrogen) atoms. The van der Waals surface area contributed by atoms with Crippen molar-refractivity contribution < 1.29 is 0 Å². The minimum absolute atomic E-state index is 0.899. The molecule has 104 valence electrons. The lowest BCUT2D eigenvalue weighted by molar-refractivity contribution is 0.632. The van der Waals surface area contributed by atoms with Gasteiger partial charge in [-0.15, -0.1) is 0 Å². The second-order valence-corrected chi connectivity index (χ2v) is 12.1. The first-order valence-electron chi connectivity index (χ1n) is 7.81. The van der Waals surface area contributed by atoms with Crippen LogP contribution in [0.4, 0.5) is 0 Å². The van der Waals surface area contributed by atoms with E-state index in [-0.39, 0.29) is 0 Å². The van der Waals surface area contributed by atoms with Crippen LogP contribution in [0.3, 0.4) is 0 Å². The third-order valence-corrected chi connectivity index (χ3v) is 10.0. The van der Waals surface area contributed by atoms with Gasteiger partial charge in [0, 0.05) is 0 Å². The normalized spacial score (nSPS) is 13.1. The van der Waals surface area contributed by atoms with Crippen molar-refractivity contribution in [3.8, 4) is 0 Å². The first-order valence-corrected chi connectivity index (χ1v) is 10.6. The summed E-state index contributed by atoms with van der Waals surface area (Å²) in [6, 6.07) is 6.26. The zero-order valence-electron chi connectivity index (χ0n) is 13.5. The van der Waals surface area contributed by atoms with E-state index in [0.717, 1.165) is 17.8 Å². The maximum atomic E-state index is 2.42. The highest BCUT2D eigenvalue weighted by molar-refractivity contribution is 6.80. The molecule has 0 fully saturated rings. The summed E-state index contributed by atoms with van der Waals surface area (Å²) in [5.41, 5.74) is 0. The van der Waals surface area contributed by atoms with Gasteiger partial charge in [0.2, 0.25) is 0 Å². The van der Waals surface area contributed by atoms with Crippen molar-refractivity contribution in [2.75, 3.05) is 0 Å². The number of unbranched alkanes of at least 4 members (excludes halogenated alkanes) is 1. The van der Waals surface area contributed by atoms with Crippen LogP contribution < -0.4 is 0 Å². The fraction of sp³-hybridized carbons (Fsp3) is 1.00. The van der Waals surface area contributed by atoms with E-state index in [1.807, 2.05) is 0 Å². The van der Waals surface area contributed by atoms with Crippen LogP contribution in [0.1, 0.15) is 61.3 Å². The van der Waals surface area contributed by atoms with Crippen molar-refractivity contribution in [2.24, 2.45) is 17.8 Å². The van der Waals surface area contributed by atoms with Gasteiger partial charge in [0.15, 0.2) is 0 Å². The van der Waals surface area contributed by atoms with Crippen molar-refractivity contribution in [1.82, 2.24) is 0 Å². The monoisotopic (exact) mass is 256 g/mol. The molecule has 0 aliphatic heterocycles. The Kier molecular flexibility index (Phi) is 8.45. The van der Waals surface area contributed by atoms with E-state index in [0.29, 0.717) is 0 Å². The molecule has 0 nitrogen and oxygen atoms in total. The zero-order chi connectivity index (χ0) is 13.5. The van der Waals surface area contributed by atoms with E-state index < -0.39 is 8.07 Å². The van der Waals surface area contributed by atoms with Crippen LogP contribution in [0.5, 0.6) is 0 Å². The molecule has 0 amide bonds. The lowest BCUT2D eigenvalue weighted by Gasteiger charge is -2.37. The van der Waals surface area contributed by atoms with Crippen molar-refractivity contribution in [3.63, 3.8) is 0 Å². The molecule has 1 heteroatoms. The number of rotatable bonds is 9. The Hall–Kier alpha value is 0.217. The van der Waals surface area contributed by atoms with Crippen LogP contribution in [0.25, 0.3) is 0 Å². The summed E-state index contributed by atoms with van der Waals surface area (Å²) >= 11 is 0. The summed E-state index contributed by atoms with van der Waals surface area (Å²) in [5, 5.41) is 0. The predicted octanol–water partition coefficient (Wildman–Crippen LogP) is 6.20. The zero-order valence-corrected chi connectivity index (χ0v) is 14.5. The highest BCUT2D eigenvalue weighted by atomic mass is 28.3. The van der Waals surface area contributed by atoms with Gasteiger partial charge in [-0.25, -0.2) is 0 Å². The summed E-state index contributed by atoms with van der Waals surface area (Å²) < 4.78 is 0. The summed E-state index contributed by atoms with van der Waals surface area (Å²) in [7, 11) is -1.01. The molecule has 0 unspecified atom stereocenters. The topological polar surface area (TPSA) is 0 Å². The molecule has 0 saturated heterocycles. The summed E-state index contributed by atoms with van der Waals surface area (Å²) in [6.07, 6.45) is 2.85. The van der Waals surface area contributed by atoms with E-state index in [2.05, 4.69) is 48.5 Å². The molecular formula is C16H36Si. The predicted molar refractivity (Wildman–Crippen MR) is 84.4 cm³/mol. The molecule has 0 aliphatic carbocycles. The molecule has 0 spiro atoms. The second kappa shape index (κ2) is 8.34. The molecule has 0 aromatic rings. The molecule has 0 rings (SSSR count). The Bertz CT molecular complexity index is 155. The summed E-state index contributed by atoms with van der Waals surface area (Å²) in [6.45, 7) is 16.9. The Labute approximate surface area is 112 Å². The van der Waals surface area contributed by atoms with E-state index in [9.17, 15) is 0 Å². The first kappa shape index (κ1) is 17.2. The summed E-state index contributed by atoms with van der Waals surface area (Å²) in [4.78, 5) is 0. The summed E-state index contributed by atoms with van der Waals surface area (Å²) in [5.74, 6) is 2.70. The van der Waals surface area contributed by atoms with Crippen LogP contribution in [-0.2, 0) is 0 Å². The Morgan fingerprint density at radius 3 is 1.29 bits per heavy atom. The Balaban J connectivity index is 4.76. The average molecular weight is 257 g/mol. The van der Waals surface area contributed by atoms with Crippen LogP contribution in [0, 0.1) is 17.8 Å². The van der Waals surface area contributed by atoms with Gasteiger partial charge in [0.1, 0.15) is 0 Å². The highest BCUT2D eigenvalue weighted by Crippen LogP contribution is 2.36. The smallest absolute Gasteiger partial charge is 0.0543 e. The van der Waals surface area contributed by atoms with Gasteiger partial charge < -0.3 is 0 Å². The van der Waals surface area contributed by atoms with Crippen molar-refractivity contribution in [1.29, 1.82) is 0 Å². The standard InChI is InChI=1S/C16H36Si/c1-8-9-10-17(11-14(2)3,12-15(4)5)13-16(6)7/h14-16H,8-13H2,1-7H3. The molecule has 0 bridgehead atoms. The van der Waals surface area contributed by atoms with Gasteiger partial charge in [-0.2, -0.15) is 0 Å². The molecule has 0 heterocycles. The largest absolute Gasteiger partial charge is 0.0654 e. The van der Waals surface area contributed by atoms with Crippen LogP contribution in [0.2, 0.25) is 24.2 Å². The maximum absolute atomic E-state index is 2.42. The third-order valence-electron chi connectivity index (χ3n) is 3.58. The Morgan fingerprint density at radius 1 is 0.706 bits per heavy atom. The minimum Gasteiger partial charge on any atom is -0.0654 e. The van der Waals surface area contributed by atoms with Gasteiger partial charge in [-0.05, 0) is 17.8 Å². The number of hydrogen-bond acceptors (Lipinski definition) is 0. The Morgan fingerprint density at radius 2 is 1.06 bits per heavy atom. The van der Waals surface area contributed by atoms with Crippen LogP contribution >= 0.6 is 0 Å². The van der Waals surface area contributed by atoms with Crippen molar-refractivity contribution >= 4 is 8.07 Å². The van der Waals surface area contributed by atoms with Crippen molar-refractivity contribution in [3.05, 3.63) is 0 Å². The quantitative estimate of drug-likeness (QED) is 0.431. The van der Waals surface area contributed by atoms with E-state index in [4.69, 9.17) is 0 Å². The maximum Gasteiger partial charge on any atom is 0.0543 e. The molecule has 0 saturated carbocycles. The molecule has 0 aromatic carbocycles. The average Bonchev–Trinajstić information content (AvgIpc) is 2.11. The van der Waals surface area contributed by atoms with Gasteiger partial charge >= 0.3 is 0 Å². The SMILES string of the molecule is CCCC[Si](CC(C)C)(CC(C)C)CC(C)C. The van der Waals surface area contributed by atoms with E-state index in [1.54, 1.807) is 24.2 Å². The molecule has 0 N–H and O–H groups in total. The molecule has 0 atom stereocenters. The molecule has 0 radical (unpaired) electrons. The third kappa shape index (κ3) is 8.02. The molecule has 0 aromatic heterocycles. The van der Waals surface area contributed by atoms with E-state index in [1.165, 1.54) is 12.8 Å². The molecule has 0 aliphatic rings. The first-order chi connectivity index (χ1) is 7.81. The van der Waals surface area contributed by atoms with Crippen LogP contribution in [0.15, 0.2) is 0 Å².